The summed E-state index contributed by atoms with van der Waals surface area (Å²) < 4.78 is 5.44. The van der Waals surface area contributed by atoms with Gasteiger partial charge in [-0.25, -0.2) is 0 Å². The minimum Gasteiger partial charge on any atom is -0.441 e. The van der Waals surface area contributed by atoms with Gasteiger partial charge in [-0.1, -0.05) is 6.08 Å². The number of nitrogens with zero attached hydrogens (tertiary/aromatic N) is 3. The highest BCUT2D eigenvalue weighted by molar-refractivity contribution is 5.51. The van der Waals surface area contributed by atoms with Crippen molar-refractivity contribution in [2.75, 3.05) is 19.0 Å². The lowest BCUT2D eigenvalue weighted by atomic mass is 10.3. The Kier molecular flexibility index (Phi) is 3.94. The van der Waals surface area contributed by atoms with E-state index in [1.807, 2.05) is 31.1 Å². The lowest BCUT2D eigenvalue weighted by Gasteiger charge is -2.05. The second kappa shape index (κ2) is 5.43. The van der Waals surface area contributed by atoms with Crippen molar-refractivity contribution >= 4 is 12.0 Å². The van der Waals surface area contributed by atoms with Gasteiger partial charge in [0.15, 0.2) is 5.88 Å². The van der Waals surface area contributed by atoms with Gasteiger partial charge in [-0.05, 0) is 18.2 Å². The van der Waals surface area contributed by atoms with E-state index in [-0.39, 0.29) is 5.57 Å². The second-order valence-electron chi connectivity index (χ2n) is 3.23. The third-order valence-electron chi connectivity index (χ3n) is 1.82. The van der Waals surface area contributed by atoms with Crippen LogP contribution in [-0.4, -0.2) is 14.1 Å². The van der Waals surface area contributed by atoms with Crippen LogP contribution in [0.5, 0.6) is 0 Å². The van der Waals surface area contributed by atoms with Gasteiger partial charge in [0.1, 0.15) is 23.5 Å². The largest absolute Gasteiger partial charge is 0.441 e. The fourth-order valence-electron chi connectivity index (χ4n) is 1.01. The lowest BCUT2D eigenvalue weighted by Crippen LogP contribution is -2.06. The van der Waals surface area contributed by atoms with Crippen molar-refractivity contribution in [1.29, 1.82) is 10.5 Å². The number of anilines is 1. The van der Waals surface area contributed by atoms with E-state index in [0.717, 1.165) is 5.88 Å². The molecule has 0 aliphatic heterocycles. The first kappa shape index (κ1) is 11.6. The highest BCUT2D eigenvalue weighted by atomic mass is 16.4. The molecule has 4 nitrogen and oxygen atoms in total. The molecule has 0 spiro atoms. The molecule has 1 aromatic rings. The zero-order valence-corrected chi connectivity index (χ0v) is 9.14. The predicted octanol–water partition coefficient (Wildman–Crippen LogP) is 2.33. The van der Waals surface area contributed by atoms with Crippen LogP contribution >= 0.6 is 0 Å². The highest BCUT2D eigenvalue weighted by Crippen LogP contribution is 2.16. The summed E-state index contributed by atoms with van der Waals surface area (Å²) in [6.45, 7) is 0. The molecule has 0 amide bonds. The molecule has 1 aromatic heterocycles. The first-order chi connectivity index (χ1) is 7.67. The Hall–Kier alpha value is -2.46. The number of nitriles is 2. The van der Waals surface area contributed by atoms with Crippen LogP contribution in [0, 0.1) is 22.7 Å². The molecule has 0 fully saturated rings. The molecule has 0 saturated heterocycles. The van der Waals surface area contributed by atoms with E-state index in [4.69, 9.17) is 14.9 Å². The number of hydrogen-bond acceptors (Lipinski definition) is 4. The quantitative estimate of drug-likeness (QED) is 0.571. The topological polar surface area (TPSA) is 64.0 Å². The lowest BCUT2D eigenvalue weighted by molar-refractivity contribution is 0.555. The molecular formula is C12H11N3O. The van der Waals surface area contributed by atoms with Gasteiger partial charge in [0, 0.05) is 20.2 Å². The molecule has 0 aromatic carbocycles. The van der Waals surface area contributed by atoms with Crippen LogP contribution in [0.15, 0.2) is 34.3 Å². The Balaban J connectivity index is 2.75. The summed E-state index contributed by atoms with van der Waals surface area (Å²) in [7, 11) is 3.77. The third-order valence-corrected chi connectivity index (χ3v) is 1.82. The molecule has 0 aliphatic carbocycles. The maximum absolute atomic E-state index is 8.50. The van der Waals surface area contributed by atoms with Crippen molar-refractivity contribution in [2.45, 2.75) is 0 Å². The van der Waals surface area contributed by atoms with E-state index >= 15 is 0 Å². The van der Waals surface area contributed by atoms with Crippen LogP contribution in [-0.2, 0) is 0 Å². The van der Waals surface area contributed by atoms with Gasteiger partial charge in [-0.15, -0.1) is 0 Å². The van der Waals surface area contributed by atoms with E-state index in [2.05, 4.69) is 0 Å². The Bertz CT molecular complexity index is 479. The van der Waals surface area contributed by atoms with Crippen LogP contribution < -0.4 is 4.90 Å². The molecule has 0 bridgehead atoms. The molecule has 0 unspecified atom stereocenters. The molecule has 0 atom stereocenters. The summed E-state index contributed by atoms with van der Waals surface area (Å²) >= 11 is 0. The van der Waals surface area contributed by atoms with Gasteiger partial charge in [0.25, 0.3) is 0 Å². The first-order valence-corrected chi connectivity index (χ1v) is 4.63. The molecule has 0 aliphatic rings. The smallest absolute Gasteiger partial charge is 0.195 e. The van der Waals surface area contributed by atoms with Crippen LogP contribution in [0.1, 0.15) is 5.76 Å². The van der Waals surface area contributed by atoms with Gasteiger partial charge in [0.2, 0.25) is 0 Å². The minimum atomic E-state index is 0.0654. The van der Waals surface area contributed by atoms with E-state index in [1.165, 1.54) is 6.08 Å². The van der Waals surface area contributed by atoms with Crippen LogP contribution in [0.3, 0.4) is 0 Å². The standard InChI is InChI=1S/C12H11N3O/c1-15(2)12-7-6-11(16-12)5-3-4-10(8-13)9-14/h3-7H,1-2H3/b5-3+. The SMILES string of the molecule is CN(C)c1ccc(/C=C/C=C(C#N)C#N)o1. The number of allylic oxidation sites excluding steroid dienone is 3. The number of hydrogen-bond donors (Lipinski definition) is 0. The molecule has 1 rings (SSSR count). The van der Waals surface area contributed by atoms with E-state index in [9.17, 15) is 0 Å². The maximum atomic E-state index is 8.50. The normalized spacial score (nSPS) is 9.50. The zero-order valence-electron chi connectivity index (χ0n) is 9.14. The van der Waals surface area contributed by atoms with Crippen molar-refractivity contribution in [1.82, 2.24) is 0 Å². The van der Waals surface area contributed by atoms with Gasteiger partial charge < -0.3 is 9.32 Å². The molecule has 80 valence electrons. The van der Waals surface area contributed by atoms with Crippen molar-refractivity contribution in [3.05, 3.63) is 35.6 Å². The summed E-state index contributed by atoms with van der Waals surface area (Å²) in [6.07, 6.45) is 4.75. The number of furan rings is 1. The monoisotopic (exact) mass is 213 g/mol. The molecule has 4 heteroatoms. The first-order valence-electron chi connectivity index (χ1n) is 4.63. The Labute approximate surface area is 94.3 Å². The summed E-state index contributed by atoms with van der Waals surface area (Å²) in [5, 5.41) is 17.0. The Morgan fingerprint density at radius 1 is 1.31 bits per heavy atom. The highest BCUT2D eigenvalue weighted by Gasteiger charge is 1.99. The van der Waals surface area contributed by atoms with Gasteiger partial charge in [-0.3, -0.25) is 0 Å². The van der Waals surface area contributed by atoms with Gasteiger partial charge in [0.05, 0.1) is 0 Å². The summed E-state index contributed by atoms with van der Waals surface area (Å²) in [6, 6.07) is 7.21. The number of rotatable bonds is 3. The molecular weight excluding hydrogens is 202 g/mol. The molecule has 1 heterocycles. The average Bonchev–Trinajstić information content (AvgIpc) is 2.73. The fourth-order valence-corrected chi connectivity index (χ4v) is 1.01. The third kappa shape index (κ3) is 3.04. The molecule has 0 radical (unpaired) electrons. The fraction of sp³-hybridized carbons (Fsp3) is 0.167. The van der Waals surface area contributed by atoms with Crippen LogP contribution in [0.2, 0.25) is 0 Å². The van der Waals surface area contributed by atoms with Crippen molar-refractivity contribution in [3.8, 4) is 12.1 Å². The van der Waals surface area contributed by atoms with E-state index in [1.54, 1.807) is 24.3 Å². The van der Waals surface area contributed by atoms with Crippen molar-refractivity contribution < 1.29 is 4.42 Å². The second-order valence-corrected chi connectivity index (χ2v) is 3.23. The summed E-state index contributed by atoms with van der Waals surface area (Å²) in [5.74, 6) is 1.43. The molecule has 0 N–H and O–H groups in total. The Morgan fingerprint density at radius 2 is 2.00 bits per heavy atom. The zero-order chi connectivity index (χ0) is 12.0. The summed E-state index contributed by atoms with van der Waals surface area (Å²) in [5.41, 5.74) is 0.0654. The van der Waals surface area contributed by atoms with Crippen molar-refractivity contribution in [3.63, 3.8) is 0 Å². The average molecular weight is 213 g/mol. The Morgan fingerprint density at radius 3 is 2.50 bits per heavy atom. The van der Waals surface area contributed by atoms with Gasteiger partial charge >= 0.3 is 0 Å². The molecule has 16 heavy (non-hydrogen) atoms. The summed E-state index contributed by atoms with van der Waals surface area (Å²) in [4.78, 5) is 1.85. The van der Waals surface area contributed by atoms with E-state index < -0.39 is 0 Å². The van der Waals surface area contributed by atoms with Crippen molar-refractivity contribution in [2.24, 2.45) is 0 Å². The maximum Gasteiger partial charge on any atom is 0.195 e. The predicted molar refractivity (Wildman–Crippen MR) is 61.4 cm³/mol. The van der Waals surface area contributed by atoms with E-state index in [0.29, 0.717) is 5.76 Å². The van der Waals surface area contributed by atoms with Crippen LogP contribution in [0.4, 0.5) is 5.88 Å². The van der Waals surface area contributed by atoms with Crippen LogP contribution in [0.25, 0.3) is 6.08 Å². The minimum absolute atomic E-state index is 0.0654. The molecule has 0 saturated carbocycles. The van der Waals surface area contributed by atoms with Gasteiger partial charge in [-0.2, -0.15) is 10.5 Å².